The zero-order valence-corrected chi connectivity index (χ0v) is 16.9. The molecule has 1 amide bonds. The van der Waals surface area contributed by atoms with Crippen LogP contribution in [0.1, 0.15) is 29.2 Å². The van der Waals surface area contributed by atoms with Crippen molar-refractivity contribution in [2.75, 3.05) is 32.6 Å². The molecular weight excluding hydrogens is 372 g/mol. The number of carbonyl (C=O) groups excluding carboxylic acids is 1. The summed E-state index contributed by atoms with van der Waals surface area (Å²) in [6.07, 6.45) is 0.601. The fourth-order valence-electron chi connectivity index (χ4n) is 3.78. The van der Waals surface area contributed by atoms with E-state index in [1.165, 1.54) is 0 Å². The van der Waals surface area contributed by atoms with Gasteiger partial charge in [0.25, 0.3) is 0 Å². The summed E-state index contributed by atoms with van der Waals surface area (Å²) in [4.78, 5) is 26.1. The van der Waals surface area contributed by atoms with Crippen molar-refractivity contribution in [3.05, 3.63) is 53.1 Å². The van der Waals surface area contributed by atoms with Gasteiger partial charge in [-0.2, -0.15) is 0 Å². The third-order valence-electron chi connectivity index (χ3n) is 5.13. The number of aliphatic carboxylic acids is 1. The normalized spacial score (nSPS) is 16.0. The number of carboxylic acids is 1. The Morgan fingerprint density at radius 3 is 2.55 bits per heavy atom. The van der Waals surface area contributed by atoms with E-state index in [1.54, 1.807) is 14.2 Å². The summed E-state index contributed by atoms with van der Waals surface area (Å²) in [6.45, 7) is 2.66. The van der Waals surface area contributed by atoms with E-state index in [0.717, 1.165) is 22.4 Å². The molecule has 0 saturated heterocycles. The second-order valence-corrected chi connectivity index (χ2v) is 7.16. The standard InChI is InChI=1S/C22H26N2O5/c1-14-5-4-6-16(9-14)23-21(25)13-24-8-7-15-10-19(28-2)20(29-3)11-17(15)18(24)12-22(26)27/h4-6,9-11,18H,7-8,12-13H2,1-3H3,(H,23,25)(H,26,27). The molecule has 2 N–H and O–H groups in total. The Morgan fingerprint density at radius 2 is 1.90 bits per heavy atom. The number of methoxy groups -OCH3 is 2. The average Bonchev–Trinajstić information content (AvgIpc) is 2.68. The molecule has 0 fully saturated rings. The number of hydrogen-bond donors (Lipinski definition) is 2. The highest BCUT2D eigenvalue weighted by atomic mass is 16.5. The summed E-state index contributed by atoms with van der Waals surface area (Å²) < 4.78 is 10.8. The minimum absolute atomic E-state index is 0.0970. The van der Waals surface area contributed by atoms with Crippen LogP contribution in [-0.4, -0.2) is 49.2 Å². The van der Waals surface area contributed by atoms with Gasteiger partial charge in [-0.15, -0.1) is 0 Å². The number of rotatable bonds is 7. The van der Waals surface area contributed by atoms with Gasteiger partial charge in [-0.1, -0.05) is 12.1 Å². The Hall–Kier alpha value is -3.06. The predicted molar refractivity (Wildman–Crippen MR) is 110 cm³/mol. The van der Waals surface area contributed by atoms with Crippen molar-refractivity contribution in [1.29, 1.82) is 0 Å². The lowest BCUT2D eigenvalue weighted by Gasteiger charge is -2.36. The van der Waals surface area contributed by atoms with Crippen molar-refractivity contribution in [2.24, 2.45) is 0 Å². The van der Waals surface area contributed by atoms with Crippen LogP contribution in [0.15, 0.2) is 36.4 Å². The van der Waals surface area contributed by atoms with Gasteiger partial charge in [-0.25, -0.2) is 0 Å². The lowest BCUT2D eigenvalue weighted by molar-refractivity contribution is -0.139. The van der Waals surface area contributed by atoms with Crippen LogP contribution < -0.4 is 14.8 Å². The topological polar surface area (TPSA) is 88.1 Å². The molecule has 2 aromatic rings. The van der Waals surface area contributed by atoms with Gasteiger partial charge in [0, 0.05) is 18.3 Å². The van der Waals surface area contributed by atoms with E-state index in [4.69, 9.17) is 9.47 Å². The number of carbonyl (C=O) groups is 2. The quantitative estimate of drug-likeness (QED) is 0.745. The second kappa shape index (κ2) is 8.96. The summed E-state index contributed by atoms with van der Waals surface area (Å²) in [7, 11) is 3.12. The van der Waals surface area contributed by atoms with Gasteiger partial charge in [-0.05, 0) is 54.3 Å². The van der Waals surface area contributed by atoms with Gasteiger partial charge in [-0.3, -0.25) is 14.5 Å². The molecule has 0 aliphatic carbocycles. The Morgan fingerprint density at radius 1 is 1.17 bits per heavy atom. The first kappa shape index (κ1) is 20.7. The molecule has 0 radical (unpaired) electrons. The zero-order valence-electron chi connectivity index (χ0n) is 16.9. The van der Waals surface area contributed by atoms with Crippen molar-refractivity contribution < 1.29 is 24.2 Å². The van der Waals surface area contributed by atoms with E-state index in [-0.39, 0.29) is 18.9 Å². The van der Waals surface area contributed by atoms with Gasteiger partial charge in [0.15, 0.2) is 11.5 Å². The molecule has 0 saturated carbocycles. The monoisotopic (exact) mass is 398 g/mol. The number of aryl methyl sites for hydroxylation is 1. The number of benzene rings is 2. The van der Waals surface area contributed by atoms with Gasteiger partial charge >= 0.3 is 5.97 Å². The molecule has 1 atom stereocenters. The first-order chi connectivity index (χ1) is 13.9. The van der Waals surface area contributed by atoms with Gasteiger partial charge in [0.2, 0.25) is 5.91 Å². The van der Waals surface area contributed by atoms with Crippen molar-refractivity contribution in [3.8, 4) is 11.5 Å². The maximum absolute atomic E-state index is 12.6. The highest BCUT2D eigenvalue weighted by Crippen LogP contribution is 2.39. The van der Waals surface area contributed by atoms with Gasteiger partial charge < -0.3 is 19.9 Å². The first-order valence-electron chi connectivity index (χ1n) is 9.48. The van der Waals surface area contributed by atoms with Crippen LogP contribution in [-0.2, 0) is 16.0 Å². The average molecular weight is 398 g/mol. The second-order valence-electron chi connectivity index (χ2n) is 7.16. The molecule has 154 valence electrons. The van der Waals surface area contributed by atoms with E-state index in [0.29, 0.717) is 24.5 Å². The van der Waals surface area contributed by atoms with Crippen LogP contribution in [0.5, 0.6) is 11.5 Å². The van der Waals surface area contributed by atoms with Crippen molar-refractivity contribution in [2.45, 2.75) is 25.8 Å². The SMILES string of the molecule is COc1cc2c(cc1OC)C(CC(=O)O)N(CC(=O)Nc1cccc(C)c1)CC2. The molecule has 7 heteroatoms. The molecule has 2 aromatic carbocycles. The summed E-state index contributed by atoms with van der Waals surface area (Å²) in [5.41, 5.74) is 3.66. The lowest BCUT2D eigenvalue weighted by Crippen LogP contribution is -2.41. The van der Waals surface area contributed by atoms with Crippen molar-refractivity contribution in [3.63, 3.8) is 0 Å². The number of nitrogens with one attached hydrogen (secondary N) is 1. The smallest absolute Gasteiger partial charge is 0.305 e. The molecule has 7 nitrogen and oxygen atoms in total. The van der Waals surface area contributed by atoms with Crippen LogP contribution in [0.4, 0.5) is 5.69 Å². The number of anilines is 1. The van der Waals surface area contributed by atoms with Crippen LogP contribution in [0.25, 0.3) is 0 Å². The minimum atomic E-state index is -0.915. The number of carboxylic acid groups (broad SMARTS) is 1. The Kier molecular flexibility index (Phi) is 6.39. The zero-order chi connectivity index (χ0) is 21.0. The van der Waals surface area contributed by atoms with E-state index in [9.17, 15) is 14.7 Å². The highest BCUT2D eigenvalue weighted by Gasteiger charge is 2.32. The maximum atomic E-state index is 12.6. The largest absolute Gasteiger partial charge is 0.493 e. The fourth-order valence-corrected chi connectivity index (χ4v) is 3.78. The lowest BCUT2D eigenvalue weighted by atomic mass is 9.90. The van der Waals surface area contributed by atoms with Crippen LogP contribution in [0.3, 0.4) is 0 Å². The van der Waals surface area contributed by atoms with Gasteiger partial charge in [0.05, 0.1) is 27.2 Å². The molecule has 3 rings (SSSR count). The van der Waals surface area contributed by atoms with E-state index < -0.39 is 12.0 Å². The van der Waals surface area contributed by atoms with Crippen molar-refractivity contribution >= 4 is 17.6 Å². The Balaban J connectivity index is 1.83. The maximum Gasteiger partial charge on any atom is 0.305 e. The number of amides is 1. The number of nitrogens with zero attached hydrogens (tertiary/aromatic N) is 1. The Labute approximate surface area is 170 Å². The van der Waals surface area contributed by atoms with Crippen molar-refractivity contribution in [1.82, 2.24) is 4.90 Å². The third-order valence-corrected chi connectivity index (χ3v) is 5.13. The molecule has 0 bridgehead atoms. The number of fused-ring (bicyclic) bond motifs is 1. The molecule has 1 aliphatic heterocycles. The minimum Gasteiger partial charge on any atom is -0.493 e. The molecular formula is C22H26N2O5. The van der Waals surface area contributed by atoms with E-state index in [2.05, 4.69) is 5.32 Å². The molecule has 0 spiro atoms. The summed E-state index contributed by atoms with van der Waals surface area (Å²) >= 11 is 0. The fraction of sp³-hybridized carbons (Fsp3) is 0.364. The van der Waals surface area contributed by atoms with E-state index >= 15 is 0 Å². The van der Waals surface area contributed by atoms with Crippen LogP contribution in [0.2, 0.25) is 0 Å². The molecule has 1 unspecified atom stereocenters. The molecule has 29 heavy (non-hydrogen) atoms. The third kappa shape index (κ3) is 4.86. The summed E-state index contributed by atoms with van der Waals surface area (Å²) in [5.74, 6) is 0.0790. The Bertz CT molecular complexity index is 912. The van der Waals surface area contributed by atoms with Gasteiger partial charge in [0.1, 0.15) is 0 Å². The summed E-state index contributed by atoms with van der Waals surface area (Å²) in [6, 6.07) is 10.9. The molecule has 1 heterocycles. The highest BCUT2D eigenvalue weighted by molar-refractivity contribution is 5.92. The number of hydrogen-bond acceptors (Lipinski definition) is 5. The summed E-state index contributed by atoms with van der Waals surface area (Å²) in [5, 5.41) is 12.3. The predicted octanol–water partition coefficient (Wildman–Crippen LogP) is 3.02. The van der Waals surface area contributed by atoms with E-state index in [1.807, 2.05) is 48.2 Å². The molecule has 1 aliphatic rings. The van der Waals surface area contributed by atoms with Crippen LogP contribution >= 0.6 is 0 Å². The van der Waals surface area contributed by atoms with Crippen LogP contribution in [0, 0.1) is 6.92 Å². The molecule has 0 aromatic heterocycles. The number of ether oxygens (including phenoxy) is 2. The first-order valence-corrected chi connectivity index (χ1v) is 9.48.